The molecule has 1 amide bonds. The van der Waals surface area contributed by atoms with Crippen LogP contribution in [0.3, 0.4) is 0 Å². The summed E-state index contributed by atoms with van der Waals surface area (Å²) in [6, 6.07) is 0. The van der Waals surface area contributed by atoms with Crippen molar-refractivity contribution < 1.29 is 14.7 Å². The fraction of sp³-hybridized carbons (Fsp3) is 0.600. The largest absolute Gasteiger partial charge is 0.481 e. The van der Waals surface area contributed by atoms with Gasteiger partial charge in [-0.1, -0.05) is 0 Å². The van der Waals surface area contributed by atoms with Crippen LogP contribution < -0.4 is 4.90 Å². The lowest BCUT2D eigenvalue weighted by Gasteiger charge is -2.39. The molecule has 3 rings (SSSR count). The van der Waals surface area contributed by atoms with Crippen molar-refractivity contribution in [2.75, 3.05) is 31.1 Å². The van der Waals surface area contributed by atoms with Crippen molar-refractivity contribution in [3.8, 4) is 0 Å². The second kappa shape index (κ2) is 5.90. The van der Waals surface area contributed by atoms with E-state index >= 15 is 0 Å². The van der Waals surface area contributed by atoms with Crippen LogP contribution in [0.4, 0.5) is 5.82 Å². The number of carboxylic acids is 1. The second-order valence-corrected chi connectivity index (χ2v) is 5.99. The van der Waals surface area contributed by atoms with Gasteiger partial charge in [0.15, 0.2) is 5.82 Å². The van der Waals surface area contributed by atoms with Gasteiger partial charge in [0.2, 0.25) is 5.91 Å². The highest BCUT2D eigenvalue weighted by atomic mass is 16.4. The van der Waals surface area contributed by atoms with Gasteiger partial charge in [0.25, 0.3) is 0 Å². The predicted octanol–water partition coefficient (Wildman–Crippen LogP) is 0.723. The number of nitrogens with zero attached hydrogens (tertiary/aromatic N) is 4. The van der Waals surface area contributed by atoms with Crippen LogP contribution in [0.2, 0.25) is 0 Å². The average Bonchev–Trinajstić information content (AvgIpc) is 2.46. The number of carboxylic acid groups (broad SMARTS) is 1. The van der Waals surface area contributed by atoms with Crippen molar-refractivity contribution in [3.63, 3.8) is 0 Å². The summed E-state index contributed by atoms with van der Waals surface area (Å²) in [5, 5.41) is 9.00. The fourth-order valence-corrected chi connectivity index (χ4v) is 3.15. The molecule has 0 aromatic carbocycles. The number of rotatable bonds is 3. The highest BCUT2D eigenvalue weighted by Crippen LogP contribution is 2.34. The first kappa shape index (κ1) is 14.7. The summed E-state index contributed by atoms with van der Waals surface area (Å²) in [7, 11) is 0. The zero-order valence-electron chi connectivity index (χ0n) is 12.6. The molecule has 2 saturated heterocycles. The van der Waals surface area contributed by atoms with Gasteiger partial charge in [-0.05, 0) is 12.8 Å². The Kier molecular flexibility index (Phi) is 3.96. The van der Waals surface area contributed by atoms with E-state index < -0.39 is 5.97 Å². The molecule has 2 fully saturated rings. The first-order chi connectivity index (χ1) is 10.6. The third-order valence-corrected chi connectivity index (χ3v) is 4.56. The Morgan fingerprint density at radius 1 is 1.18 bits per heavy atom. The smallest absolute Gasteiger partial charge is 0.310 e. The first-order valence-electron chi connectivity index (χ1n) is 7.60. The number of likely N-dealkylation sites (tertiary alicyclic amines) is 1. The summed E-state index contributed by atoms with van der Waals surface area (Å²) in [6.45, 7) is 4.07. The normalized spacial score (nSPS) is 19.9. The minimum Gasteiger partial charge on any atom is -0.481 e. The molecule has 2 aliphatic rings. The molecule has 3 heterocycles. The number of aliphatic carboxylic acids is 1. The van der Waals surface area contributed by atoms with E-state index in [2.05, 4.69) is 9.97 Å². The highest BCUT2D eigenvalue weighted by molar-refractivity contribution is 5.74. The van der Waals surface area contributed by atoms with Crippen molar-refractivity contribution in [1.29, 1.82) is 0 Å². The zero-order chi connectivity index (χ0) is 15.7. The number of piperidine rings is 1. The maximum Gasteiger partial charge on any atom is 0.310 e. The molecule has 0 spiro atoms. The molecule has 7 nitrogen and oxygen atoms in total. The van der Waals surface area contributed by atoms with Gasteiger partial charge in [-0.25, -0.2) is 4.98 Å². The quantitative estimate of drug-likeness (QED) is 0.885. The molecule has 2 aliphatic heterocycles. The minimum atomic E-state index is -0.753. The molecular formula is C15H20N4O3. The average molecular weight is 304 g/mol. The molecule has 0 radical (unpaired) electrons. The summed E-state index contributed by atoms with van der Waals surface area (Å²) in [4.78, 5) is 35.1. The maximum absolute atomic E-state index is 11.4. The summed E-state index contributed by atoms with van der Waals surface area (Å²) in [5.74, 6) is 0.139. The Hall–Kier alpha value is -2.18. The predicted molar refractivity (Wildman–Crippen MR) is 79.6 cm³/mol. The zero-order valence-corrected chi connectivity index (χ0v) is 12.6. The molecule has 1 aromatic rings. The van der Waals surface area contributed by atoms with E-state index in [0.717, 1.165) is 37.4 Å². The Balaban J connectivity index is 1.70. The van der Waals surface area contributed by atoms with Gasteiger partial charge in [-0.2, -0.15) is 0 Å². The van der Waals surface area contributed by atoms with Crippen LogP contribution in [0.5, 0.6) is 0 Å². The van der Waals surface area contributed by atoms with Gasteiger partial charge in [-0.3, -0.25) is 14.6 Å². The van der Waals surface area contributed by atoms with E-state index in [1.165, 1.54) is 0 Å². The Morgan fingerprint density at radius 2 is 1.82 bits per heavy atom. The summed E-state index contributed by atoms with van der Waals surface area (Å²) >= 11 is 0. The Morgan fingerprint density at radius 3 is 2.41 bits per heavy atom. The molecule has 0 atom stereocenters. The van der Waals surface area contributed by atoms with Gasteiger partial charge in [0.05, 0.1) is 11.6 Å². The second-order valence-electron chi connectivity index (χ2n) is 5.99. The van der Waals surface area contributed by atoms with Crippen LogP contribution in [-0.4, -0.2) is 58.0 Å². The molecule has 1 aromatic heterocycles. The maximum atomic E-state index is 11.4. The number of hydrogen-bond donors (Lipinski definition) is 1. The Labute approximate surface area is 129 Å². The summed E-state index contributed by atoms with van der Waals surface area (Å²) in [5.41, 5.74) is 0.939. The first-order valence-corrected chi connectivity index (χ1v) is 7.60. The van der Waals surface area contributed by atoms with Crippen LogP contribution in [0.15, 0.2) is 12.4 Å². The molecule has 0 saturated carbocycles. The number of anilines is 1. The molecular weight excluding hydrogens is 284 g/mol. The number of aromatic nitrogens is 2. The topological polar surface area (TPSA) is 86.6 Å². The monoisotopic (exact) mass is 304 g/mol. The van der Waals surface area contributed by atoms with Crippen molar-refractivity contribution in [3.05, 3.63) is 18.1 Å². The van der Waals surface area contributed by atoms with E-state index in [-0.39, 0.29) is 17.7 Å². The molecule has 0 unspecified atom stereocenters. The minimum absolute atomic E-state index is 0.116. The van der Waals surface area contributed by atoms with E-state index in [1.54, 1.807) is 19.3 Å². The van der Waals surface area contributed by atoms with Crippen LogP contribution >= 0.6 is 0 Å². The highest BCUT2D eigenvalue weighted by Gasteiger charge is 2.36. The van der Waals surface area contributed by atoms with Crippen LogP contribution in [0.1, 0.15) is 31.4 Å². The Bertz CT molecular complexity index is 578. The van der Waals surface area contributed by atoms with Crippen LogP contribution in [0.25, 0.3) is 0 Å². The lowest BCUT2D eigenvalue weighted by Crippen LogP contribution is -2.51. The lowest BCUT2D eigenvalue weighted by atomic mass is 9.91. The van der Waals surface area contributed by atoms with Crippen molar-refractivity contribution in [2.24, 2.45) is 5.92 Å². The van der Waals surface area contributed by atoms with Crippen LogP contribution in [0, 0.1) is 5.92 Å². The van der Waals surface area contributed by atoms with Gasteiger partial charge in [0, 0.05) is 51.4 Å². The van der Waals surface area contributed by atoms with Crippen molar-refractivity contribution >= 4 is 17.7 Å². The standard InChI is InChI=1S/C15H20N4O3/c1-10(20)18-6-2-11(3-7-18)13-14(17-5-4-16-13)19-8-12(9-19)15(21)22/h4-5,11-12H,2-3,6-9H2,1H3,(H,21,22). The number of amides is 1. The number of carbonyl (C=O) groups excluding carboxylic acids is 1. The van der Waals surface area contributed by atoms with E-state index in [0.29, 0.717) is 13.1 Å². The molecule has 1 N–H and O–H groups in total. The van der Waals surface area contributed by atoms with E-state index in [4.69, 9.17) is 5.11 Å². The molecule has 0 aliphatic carbocycles. The number of hydrogen-bond acceptors (Lipinski definition) is 5. The van der Waals surface area contributed by atoms with E-state index in [9.17, 15) is 9.59 Å². The van der Waals surface area contributed by atoms with Crippen molar-refractivity contribution in [1.82, 2.24) is 14.9 Å². The summed E-state index contributed by atoms with van der Waals surface area (Å²) < 4.78 is 0. The SMILES string of the molecule is CC(=O)N1CCC(c2nccnc2N2CC(C(=O)O)C2)CC1. The number of carbonyl (C=O) groups is 2. The molecule has 118 valence electrons. The summed E-state index contributed by atoms with van der Waals surface area (Å²) in [6.07, 6.45) is 5.09. The molecule has 0 bridgehead atoms. The fourth-order valence-electron chi connectivity index (χ4n) is 3.15. The lowest BCUT2D eigenvalue weighted by molar-refractivity contribution is -0.142. The molecule has 22 heavy (non-hydrogen) atoms. The van der Waals surface area contributed by atoms with Gasteiger partial charge in [-0.15, -0.1) is 0 Å². The molecule has 7 heteroatoms. The third-order valence-electron chi connectivity index (χ3n) is 4.56. The van der Waals surface area contributed by atoms with Crippen LogP contribution in [-0.2, 0) is 9.59 Å². The van der Waals surface area contributed by atoms with Gasteiger partial charge < -0.3 is 14.9 Å². The van der Waals surface area contributed by atoms with E-state index in [1.807, 2.05) is 9.80 Å². The third kappa shape index (κ3) is 2.75. The van der Waals surface area contributed by atoms with Crippen molar-refractivity contribution in [2.45, 2.75) is 25.7 Å². The van der Waals surface area contributed by atoms with Gasteiger partial charge >= 0.3 is 5.97 Å². The van der Waals surface area contributed by atoms with Gasteiger partial charge in [0.1, 0.15) is 0 Å².